The number of amides is 1. The third-order valence-electron chi connectivity index (χ3n) is 3.86. The molecule has 4 nitrogen and oxygen atoms in total. The predicted molar refractivity (Wildman–Crippen MR) is 106 cm³/mol. The summed E-state index contributed by atoms with van der Waals surface area (Å²) in [5.41, 5.74) is 2.22. The molecule has 0 aliphatic rings. The van der Waals surface area contributed by atoms with Crippen LogP contribution in [0.15, 0.2) is 77.4 Å². The number of aromatic nitrogens is 1. The standard InChI is InChI=1S/C21H19BrN2O2/c1-16-5-7-17(8-6-16)14-24(20-4-2-3-13-23-20)21(25)15-26-19-11-9-18(22)10-12-19/h2-13H,14-15H2,1H3. The number of anilines is 1. The number of benzene rings is 2. The number of carbonyl (C=O) groups excluding carboxylic acids is 1. The summed E-state index contributed by atoms with van der Waals surface area (Å²) in [7, 11) is 0. The van der Waals surface area contributed by atoms with E-state index in [9.17, 15) is 4.79 Å². The van der Waals surface area contributed by atoms with Crippen molar-refractivity contribution in [3.05, 3.63) is 88.5 Å². The summed E-state index contributed by atoms with van der Waals surface area (Å²) in [5.74, 6) is 1.11. The lowest BCUT2D eigenvalue weighted by Gasteiger charge is -2.22. The fraction of sp³-hybridized carbons (Fsp3) is 0.143. The Balaban J connectivity index is 1.74. The number of aryl methyl sites for hydroxylation is 1. The number of halogens is 1. The first kappa shape index (κ1) is 18.1. The second-order valence-corrected chi connectivity index (χ2v) is 6.81. The smallest absolute Gasteiger partial charge is 0.266 e. The number of hydrogen-bond donors (Lipinski definition) is 0. The first-order valence-corrected chi connectivity index (χ1v) is 9.06. The van der Waals surface area contributed by atoms with Crippen molar-refractivity contribution in [3.8, 4) is 5.75 Å². The number of rotatable bonds is 6. The van der Waals surface area contributed by atoms with Gasteiger partial charge in [0.05, 0.1) is 6.54 Å². The van der Waals surface area contributed by atoms with Crippen LogP contribution in [0.2, 0.25) is 0 Å². The molecule has 3 aromatic rings. The lowest BCUT2D eigenvalue weighted by molar-refractivity contribution is -0.120. The van der Waals surface area contributed by atoms with Crippen LogP contribution in [-0.4, -0.2) is 17.5 Å². The van der Waals surface area contributed by atoms with E-state index in [2.05, 4.69) is 20.9 Å². The van der Waals surface area contributed by atoms with Gasteiger partial charge in [-0.15, -0.1) is 0 Å². The maximum atomic E-state index is 12.8. The highest BCUT2D eigenvalue weighted by atomic mass is 79.9. The average molecular weight is 411 g/mol. The van der Waals surface area contributed by atoms with Gasteiger partial charge >= 0.3 is 0 Å². The van der Waals surface area contributed by atoms with Gasteiger partial charge in [-0.2, -0.15) is 0 Å². The molecule has 0 bridgehead atoms. The fourth-order valence-corrected chi connectivity index (χ4v) is 2.70. The lowest BCUT2D eigenvalue weighted by Crippen LogP contribution is -2.35. The maximum absolute atomic E-state index is 12.8. The van der Waals surface area contributed by atoms with Crippen LogP contribution in [0.3, 0.4) is 0 Å². The number of ether oxygens (including phenoxy) is 1. The number of hydrogen-bond acceptors (Lipinski definition) is 3. The molecule has 5 heteroatoms. The number of nitrogens with zero attached hydrogens (tertiary/aromatic N) is 2. The summed E-state index contributed by atoms with van der Waals surface area (Å²) in [4.78, 5) is 18.8. The molecule has 1 amide bonds. The van der Waals surface area contributed by atoms with Crippen molar-refractivity contribution in [1.29, 1.82) is 0 Å². The Bertz CT molecular complexity index is 849. The zero-order valence-corrected chi connectivity index (χ0v) is 16.0. The van der Waals surface area contributed by atoms with Gasteiger partial charge in [0.1, 0.15) is 11.6 Å². The van der Waals surface area contributed by atoms with E-state index in [0.717, 1.165) is 10.0 Å². The van der Waals surface area contributed by atoms with Crippen molar-refractivity contribution in [3.63, 3.8) is 0 Å². The second-order valence-electron chi connectivity index (χ2n) is 5.90. The van der Waals surface area contributed by atoms with Crippen molar-refractivity contribution in [2.45, 2.75) is 13.5 Å². The van der Waals surface area contributed by atoms with Crippen molar-refractivity contribution < 1.29 is 9.53 Å². The molecule has 26 heavy (non-hydrogen) atoms. The average Bonchev–Trinajstić information content (AvgIpc) is 2.67. The lowest BCUT2D eigenvalue weighted by atomic mass is 10.1. The Morgan fingerprint density at radius 1 is 1.04 bits per heavy atom. The number of carbonyl (C=O) groups is 1. The first-order valence-electron chi connectivity index (χ1n) is 8.27. The zero-order chi connectivity index (χ0) is 18.4. The minimum absolute atomic E-state index is 0.0515. The van der Waals surface area contributed by atoms with Crippen LogP contribution < -0.4 is 9.64 Å². The van der Waals surface area contributed by atoms with E-state index in [1.807, 2.05) is 73.7 Å². The Hall–Kier alpha value is -2.66. The van der Waals surface area contributed by atoms with Crippen LogP contribution in [0.1, 0.15) is 11.1 Å². The Labute approximate surface area is 161 Å². The van der Waals surface area contributed by atoms with E-state index in [1.165, 1.54) is 5.56 Å². The van der Waals surface area contributed by atoms with Crippen molar-refractivity contribution in [2.24, 2.45) is 0 Å². The molecule has 132 valence electrons. The molecule has 0 atom stereocenters. The quantitative estimate of drug-likeness (QED) is 0.587. The minimum Gasteiger partial charge on any atom is -0.484 e. The predicted octanol–water partition coefficient (Wildman–Crippen LogP) is 4.76. The van der Waals surface area contributed by atoms with Gasteiger partial charge in [0, 0.05) is 10.7 Å². The molecular weight excluding hydrogens is 392 g/mol. The third-order valence-corrected chi connectivity index (χ3v) is 4.39. The van der Waals surface area contributed by atoms with Crippen LogP contribution >= 0.6 is 15.9 Å². The van der Waals surface area contributed by atoms with E-state index < -0.39 is 0 Å². The fourth-order valence-electron chi connectivity index (χ4n) is 2.44. The molecular formula is C21H19BrN2O2. The van der Waals surface area contributed by atoms with Crippen molar-refractivity contribution in [1.82, 2.24) is 4.98 Å². The molecule has 1 aromatic heterocycles. The van der Waals surface area contributed by atoms with Crippen LogP contribution in [-0.2, 0) is 11.3 Å². The van der Waals surface area contributed by atoms with Crippen LogP contribution in [0, 0.1) is 6.92 Å². The summed E-state index contributed by atoms with van der Waals surface area (Å²) >= 11 is 3.38. The number of pyridine rings is 1. The molecule has 0 saturated heterocycles. The van der Waals surface area contributed by atoms with Crippen LogP contribution in [0.4, 0.5) is 5.82 Å². The van der Waals surface area contributed by atoms with Crippen molar-refractivity contribution >= 4 is 27.7 Å². The second kappa shape index (κ2) is 8.63. The molecule has 0 saturated carbocycles. The summed E-state index contributed by atoms with van der Waals surface area (Å²) in [6, 6.07) is 21.0. The van der Waals surface area contributed by atoms with Gasteiger partial charge in [-0.25, -0.2) is 4.98 Å². The third kappa shape index (κ3) is 4.92. The molecule has 2 aromatic carbocycles. The van der Waals surface area contributed by atoms with Gasteiger partial charge in [0.25, 0.3) is 5.91 Å². The summed E-state index contributed by atoms with van der Waals surface area (Å²) in [6.45, 7) is 2.43. The molecule has 0 unspecified atom stereocenters. The SMILES string of the molecule is Cc1ccc(CN(C(=O)COc2ccc(Br)cc2)c2ccccn2)cc1. The monoisotopic (exact) mass is 410 g/mol. The molecule has 0 spiro atoms. The van der Waals surface area contributed by atoms with Gasteiger partial charge in [-0.1, -0.05) is 51.8 Å². The van der Waals surface area contributed by atoms with Gasteiger partial charge in [0.2, 0.25) is 0 Å². The topological polar surface area (TPSA) is 42.4 Å². The highest BCUT2D eigenvalue weighted by Crippen LogP contribution is 2.18. The van der Waals surface area contributed by atoms with Gasteiger partial charge in [-0.3, -0.25) is 9.69 Å². The molecule has 0 N–H and O–H groups in total. The normalized spacial score (nSPS) is 10.4. The van der Waals surface area contributed by atoms with Crippen LogP contribution in [0.5, 0.6) is 5.75 Å². The highest BCUT2D eigenvalue weighted by molar-refractivity contribution is 9.10. The van der Waals surface area contributed by atoms with E-state index in [4.69, 9.17) is 4.74 Å². The van der Waals surface area contributed by atoms with Gasteiger partial charge in [-0.05, 0) is 48.9 Å². The van der Waals surface area contributed by atoms with Crippen molar-refractivity contribution in [2.75, 3.05) is 11.5 Å². The largest absolute Gasteiger partial charge is 0.484 e. The molecule has 3 rings (SSSR count). The highest BCUT2D eigenvalue weighted by Gasteiger charge is 2.18. The van der Waals surface area contributed by atoms with E-state index in [1.54, 1.807) is 11.1 Å². The molecule has 0 aliphatic heterocycles. The van der Waals surface area contributed by atoms with Gasteiger partial charge < -0.3 is 4.74 Å². The van der Waals surface area contributed by atoms with Crippen LogP contribution in [0.25, 0.3) is 0 Å². The Kier molecular flexibility index (Phi) is 6.02. The van der Waals surface area contributed by atoms with E-state index in [-0.39, 0.29) is 12.5 Å². The van der Waals surface area contributed by atoms with E-state index in [0.29, 0.717) is 18.1 Å². The minimum atomic E-state index is -0.146. The van der Waals surface area contributed by atoms with Gasteiger partial charge in [0.15, 0.2) is 6.61 Å². The summed E-state index contributed by atoms with van der Waals surface area (Å²) < 4.78 is 6.61. The molecule has 0 radical (unpaired) electrons. The molecule has 0 fully saturated rings. The van der Waals surface area contributed by atoms with E-state index >= 15 is 0 Å². The maximum Gasteiger partial charge on any atom is 0.266 e. The Morgan fingerprint density at radius 3 is 2.42 bits per heavy atom. The summed E-state index contributed by atoms with van der Waals surface area (Å²) in [5, 5.41) is 0. The molecule has 0 aliphatic carbocycles. The zero-order valence-electron chi connectivity index (χ0n) is 14.4. The first-order chi connectivity index (χ1) is 12.6. The summed E-state index contributed by atoms with van der Waals surface area (Å²) in [6.07, 6.45) is 1.68. The molecule has 1 heterocycles. The Morgan fingerprint density at radius 2 is 1.77 bits per heavy atom.